The van der Waals surface area contributed by atoms with E-state index in [-0.39, 0.29) is 12.3 Å². The zero-order valence-electron chi connectivity index (χ0n) is 29.1. The van der Waals surface area contributed by atoms with Crippen LogP contribution in [0.3, 0.4) is 0 Å². The number of nitrogens with two attached hydrogens (primary N) is 1. The van der Waals surface area contributed by atoms with Gasteiger partial charge in [-0.1, -0.05) is 48.0 Å². The Kier molecular flexibility index (Phi) is 20.4. The van der Waals surface area contributed by atoms with E-state index in [1.165, 1.54) is 0 Å². The zero-order valence-corrected chi connectivity index (χ0v) is 29.1. The maximum absolute atomic E-state index is 13.4. The van der Waals surface area contributed by atoms with Gasteiger partial charge < -0.3 is 63.2 Å². The molecule has 286 valence electrons. The average Bonchev–Trinajstić information content (AvgIpc) is 3.03. The van der Waals surface area contributed by atoms with Gasteiger partial charge in [-0.3, -0.25) is 33.6 Å². The van der Waals surface area contributed by atoms with E-state index in [9.17, 15) is 53.7 Å². The normalized spacial score (nSPS) is 16.0. The number of carboxylic acid groups (broad SMARTS) is 2. The monoisotopic (exact) mass is 719 g/mol. The van der Waals surface area contributed by atoms with Crippen molar-refractivity contribution in [3.05, 3.63) is 0 Å². The number of hydrogen-bond donors (Lipinski definition) is 12. The molecule has 0 aliphatic carbocycles. The van der Waals surface area contributed by atoms with Crippen LogP contribution in [-0.4, -0.2) is 135 Å². The number of aliphatic carboxylic acids is 2. The molecular weight excluding hydrogens is 666 g/mol. The van der Waals surface area contributed by atoms with Crippen molar-refractivity contribution in [3.63, 3.8) is 0 Å². The average molecular weight is 720 g/mol. The topological polar surface area (TPSA) is 336 Å². The van der Waals surface area contributed by atoms with Crippen LogP contribution in [0.5, 0.6) is 0 Å². The van der Waals surface area contributed by atoms with Crippen molar-refractivity contribution in [1.82, 2.24) is 31.9 Å². The number of aliphatic hydroxyl groups is 3. The minimum atomic E-state index is -1.64. The lowest BCUT2D eigenvalue weighted by Gasteiger charge is -2.30. The first-order valence-corrected chi connectivity index (χ1v) is 16.1. The zero-order chi connectivity index (χ0) is 38.9. The van der Waals surface area contributed by atoms with Crippen molar-refractivity contribution in [2.24, 2.45) is 23.5 Å². The van der Waals surface area contributed by atoms with Gasteiger partial charge in [0.05, 0.1) is 32.3 Å². The molecule has 0 aromatic carbocycles. The second-order valence-corrected chi connectivity index (χ2v) is 12.6. The molecule has 0 spiro atoms. The van der Waals surface area contributed by atoms with Crippen LogP contribution in [0, 0.1) is 17.8 Å². The smallest absolute Gasteiger partial charge is 0.328 e. The highest BCUT2D eigenvalue weighted by molar-refractivity contribution is 5.97. The van der Waals surface area contributed by atoms with Crippen LogP contribution in [0.2, 0.25) is 0 Å². The number of carbonyl (C=O) groups excluding carboxylic acids is 6. The van der Waals surface area contributed by atoms with Crippen LogP contribution in [0.25, 0.3) is 0 Å². The van der Waals surface area contributed by atoms with Crippen molar-refractivity contribution in [2.45, 2.75) is 103 Å². The van der Waals surface area contributed by atoms with E-state index >= 15 is 0 Å². The lowest BCUT2D eigenvalue weighted by Crippen LogP contribution is -2.62. The van der Waals surface area contributed by atoms with Gasteiger partial charge in [0.25, 0.3) is 0 Å². The minimum absolute atomic E-state index is 0.0330. The summed E-state index contributed by atoms with van der Waals surface area (Å²) in [7, 11) is 0. The number of aliphatic hydroxyl groups excluding tert-OH is 3. The van der Waals surface area contributed by atoms with Crippen molar-refractivity contribution in [1.29, 1.82) is 0 Å². The van der Waals surface area contributed by atoms with Gasteiger partial charge in [-0.2, -0.15) is 0 Å². The fourth-order valence-corrected chi connectivity index (χ4v) is 4.38. The van der Waals surface area contributed by atoms with Gasteiger partial charge in [-0.15, -0.1) is 0 Å². The van der Waals surface area contributed by atoms with E-state index in [1.54, 1.807) is 41.5 Å². The molecule has 0 fully saturated rings. The fraction of sp³-hybridized carbons (Fsp3) is 0.733. The number of rotatable bonds is 23. The van der Waals surface area contributed by atoms with Crippen LogP contribution in [0.15, 0.2) is 0 Å². The SMILES string of the molecule is CC[C@H](C)[C@H](NC(=O)[C@@H](NC(=O)[C@H](CO)NC(=O)[C@@H](N)CC(=O)O)C(C)C)C(=O)N[C@@H](CO)C(=O)N[C@@H](CC(C)C)C(=O)N[C@@H](CO)C(=O)O. The second-order valence-electron chi connectivity index (χ2n) is 12.6. The number of hydrogen-bond acceptors (Lipinski definition) is 12. The van der Waals surface area contributed by atoms with Crippen LogP contribution in [-0.2, 0) is 38.4 Å². The first-order chi connectivity index (χ1) is 23.2. The summed E-state index contributed by atoms with van der Waals surface area (Å²) >= 11 is 0. The number of nitrogens with one attached hydrogen (secondary N) is 6. The molecule has 0 saturated carbocycles. The third kappa shape index (κ3) is 15.4. The molecule has 20 nitrogen and oxygen atoms in total. The number of amides is 6. The molecule has 6 amide bonds. The van der Waals surface area contributed by atoms with Crippen molar-refractivity contribution in [2.75, 3.05) is 19.8 Å². The molecule has 0 aliphatic heterocycles. The van der Waals surface area contributed by atoms with E-state index in [2.05, 4.69) is 31.9 Å². The molecular formula is C30H53N7O13. The van der Waals surface area contributed by atoms with E-state index in [1.807, 2.05) is 0 Å². The highest BCUT2D eigenvalue weighted by Crippen LogP contribution is 2.12. The molecule has 0 aromatic rings. The third-order valence-electron chi connectivity index (χ3n) is 7.54. The fourth-order valence-electron chi connectivity index (χ4n) is 4.38. The number of carboxylic acids is 2. The summed E-state index contributed by atoms with van der Waals surface area (Å²) in [5, 5.41) is 60.7. The Bertz CT molecular complexity index is 1200. The molecule has 0 radical (unpaired) electrons. The molecule has 0 aromatic heterocycles. The summed E-state index contributed by atoms with van der Waals surface area (Å²) in [4.78, 5) is 99.9. The largest absolute Gasteiger partial charge is 0.481 e. The molecule has 0 rings (SSSR count). The Hall–Kier alpha value is -4.40. The maximum Gasteiger partial charge on any atom is 0.328 e. The maximum atomic E-state index is 13.4. The highest BCUT2D eigenvalue weighted by atomic mass is 16.4. The van der Waals surface area contributed by atoms with Crippen LogP contribution >= 0.6 is 0 Å². The Morgan fingerprint density at radius 1 is 0.560 bits per heavy atom. The standard InChI is InChI=1S/C30H53N7O13/c1-7-15(6)23(37-28(47)22(14(4)5)36-27(46)19(11-39)33-24(43)16(31)9-21(41)42)29(48)34-18(10-38)26(45)32-17(8-13(2)3)25(44)35-20(12-40)30(49)50/h13-20,22-23,38-40H,7-12,31H2,1-6H3,(H,32,45)(H,33,43)(H,34,48)(H,35,44)(H,36,46)(H,37,47)(H,41,42)(H,49,50)/t15-,16-,17-,18-,19-,20-,22-,23-/m0/s1. The molecule has 0 saturated heterocycles. The van der Waals surface area contributed by atoms with Gasteiger partial charge in [0.2, 0.25) is 35.4 Å². The van der Waals surface area contributed by atoms with E-state index < -0.39 is 128 Å². The highest BCUT2D eigenvalue weighted by Gasteiger charge is 2.36. The second kappa shape index (κ2) is 22.3. The number of carbonyl (C=O) groups is 8. The predicted molar refractivity (Wildman–Crippen MR) is 174 cm³/mol. The van der Waals surface area contributed by atoms with E-state index in [0.717, 1.165) is 0 Å². The summed E-state index contributed by atoms with van der Waals surface area (Å²) in [5.41, 5.74) is 5.50. The van der Waals surface area contributed by atoms with Crippen molar-refractivity contribution >= 4 is 47.4 Å². The summed E-state index contributed by atoms with van der Waals surface area (Å²) in [6.07, 6.45) is -0.369. The van der Waals surface area contributed by atoms with E-state index in [0.29, 0.717) is 6.42 Å². The lowest BCUT2D eigenvalue weighted by atomic mass is 9.96. The quantitative estimate of drug-likeness (QED) is 0.0474. The van der Waals surface area contributed by atoms with Crippen LogP contribution < -0.4 is 37.6 Å². The Morgan fingerprint density at radius 2 is 0.960 bits per heavy atom. The lowest BCUT2D eigenvalue weighted by molar-refractivity contribution is -0.143. The molecule has 13 N–H and O–H groups in total. The van der Waals surface area contributed by atoms with Gasteiger partial charge in [0.15, 0.2) is 0 Å². The predicted octanol–water partition coefficient (Wildman–Crippen LogP) is -4.49. The Morgan fingerprint density at radius 3 is 1.38 bits per heavy atom. The van der Waals surface area contributed by atoms with E-state index in [4.69, 9.17) is 15.9 Å². The van der Waals surface area contributed by atoms with Gasteiger partial charge >= 0.3 is 11.9 Å². The summed E-state index contributed by atoms with van der Waals surface area (Å²) in [6.45, 7) is 7.13. The van der Waals surface area contributed by atoms with Gasteiger partial charge in [-0.05, 0) is 24.2 Å². The Labute approximate surface area is 289 Å². The molecule has 0 aliphatic rings. The minimum Gasteiger partial charge on any atom is -0.481 e. The summed E-state index contributed by atoms with van der Waals surface area (Å²) < 4.78 is 0. The van der Waals surface area contributed by atoms with Crippen molar-refractivity contribution < 1.29 is 63.9 Å². The van der Waals surface area contributed by atoms with Gasteiger partial charge in [0.1, 0.15) is 36.3 Å². The molecule has 8 atom stereocenters. The summed E-state index contributed by atoms with van der Waals surface area (Å²) in [5.74, 6) is -9.93. The van der Waals surface area contributed by atoms with Crippen molar-refractivity contribution in [3.8, 4) is 0 Å². The molecule has 20 heteroatoms. The Balaban J connectivity index is 5.91. The van der Waals surface area contributed by atoms with Gasteiger partial charge in [-0.25, -0.2) is 4.79 Å². The first-order valence-electron chi connectivity index (χ1n) is 16.1. The molecule has 0 unspecified atom stereocenters. The van der Waals surface area contributed by atoms with Crippen LogP contribution in [0.4, 0.5) is 0 Å². The molecule has 50 heavy (non-hydrogen) atoms. The molecule has 0 bridgehead atoms. The van der Waals surface area contributed by atoms with Crippen LogP contribution in [0.1, 0.15) is 60.8 Å². The molecule has 0 heterocycles. The summed E-state index contributed by atoms with van der Waals surface area (Å²) in [6, 6.07) is -10.3. The van der Waals surface area contributed by atoms with Gasteiger partial charge in [0, 0.05) is 0 Å². The third-order valence-corrected chi connectivity index (χ3v) is 7.54. The first kappa shape index (κ1) is 45.6.